The molecule has 0 saturated heterocycles. The maximum atomic E-state index is 11.9. The Hall–Kier alpha value is -2.09. The van der Waals surface area contributed by atoms with E-state index in [1.807, 2.05) is 12.2 Å². The SMILES string of the molecule is C=CC/C=C\C=C(/C)C(=O)c1ccc(O)cc1. The molecule has 1 aromatic carbocycles. The van der Waals surface area contributed by atoms with Crippen molar-refractivity contribution in [3.63, 3.8) is 0 Å². The van der Waals surface area contributed by atoms with Crippen LogP contribution >= 0.6 is 0 Å². The highest BCUT2D eigenvalue weighted by atomic mass is 16.3. The zero-order chi connectivity index (χ0) is 12.7. The number of rotatable bonds is 5. The van der Waals surface area contributed by atoms with Crippen molar-refractivity contribution < 1.29 is 9.90 Å². The van der Waals surface area contributed by atoms with Crippen LogP contribution in [0.25, 0.3) is 0 Å². The van der Waals surface area contributed by atoms with Crippen LogP contribution in [0.4, 0.5) is 0 Å². The predicted octanol–water partition coefficient (Wildman–Crippen LogP) is 3.65. The Labute approximate surface area is 102 Å². The lowest BCUT2D eigenvalue weighted by atomic mass is 10.0. The van der Waals surface area contributed by atoms with E-state index in [-0.39, 0.29) is 11.5 Å². The first-order chi connectivity index (χ1) is 8.15. The average Bonchev–Trinajstić information content (AvgIpc) is 2.34. The minimum absolute atomic E-state index is 0.0340. The quantitative estimate of drug-likeness (QED) is 0.361. The van der Waals surface area contributed by atoms with E-state index in [9.17, 15) is 4.79 Å². The van der Waals surface area contributed by atoms with Crippen molar-refractivity contribution in [1.29, 1.82) is 0 Å². The third kappa shape index (κ3) is 4.11. The van der Waals surface area contributed by atoms with Crippen molar-refractivity contribution in [2.75, 3.05) is 0 Å². The van der Waals surface area contributed by atoms with Gasteiger partial charge in [0.05, 0.1) is 0 Å². The van der Waals surface area contributed by atoms with Crippen molar-refractivity contribution in [3.05, 3.63) is 66.3 Å². The van der Waals surface area contributed by atoms with Crippen LogP contribution in [0.2, 0.25) is 0 Å². The minimum atomic E-state index is -0.0340. The van der Waals surface area contributed by atoms with Crippen LogP contribution in [0, 0.1) is 0 Å². The molecular formula is C15H16O2. The molecule has 0 fully saturated rings. The predicted molar refractivity (Wildman–Crippen MR) is 70.1 cm³/mol. The summed E-state index contributed by atoms with van der Waals surface area (Å²) in [5.41, 5.74) is 1.24. The van der Waals surface area contributed by atoms with Crippen molar-refractivity contribution >= 4 is 5.78 Å². The van der Waals surface area contributed by atoms with Gasteiger partial charge in [-0.15, -0.1) is 6.58 Å². The standard InChI is InChI=1S/C15H16O2/c1-3-4-5-6-7-12(2)15(17)13-8-10-14(16)11-9-13/h3,5-11,16H,1,4H2,2H3/b6-5-,12-7+. The van der Waals surface area contributed by atoms with Gasteiger partial charge < -0.3 is 5.11 Å². The molecule has 0 aliphatic carbocycles. The monoisotopic (exact) mass is 228 g/mol. The first kappa shape index (κ1) is 13.0. The normalized spacial score (nSPS) is 11.7. The smallest absolute Gasteiger partial charge is 0.188 e. The molecule has 1 N–H and O–H groups in total. The van der Waals surface area contributed by atoms with E-state index in [2.05, 4.69) is 6.58 Å². The summed E-state index contributed by atoms with van der Waals surface area (Å²) in [5, 5.41) is 9.13. The summed E-state index contributed by atoms with van der Waals surface area (Å²) >= 11 is 0. The summed E-state index contributed by atoms with van der Waals surface area (Å²) in [4.78, 5) is 11.9. The minimum Gasteiger partial charge on any atom is -0.508 e. The van der Waals surface area contributed by atoms with E-state index in [0.29, 0.717) is 11.1 Å². The Bertz CT molecular complexity index is 450. The average molecular weight is 228 g/mol. The Kier molecular flexibility index (Phi) is 4.95. The second-order valence-electron chi connectivity index (χ2n) is 3.68. The van der Waals surface area contributed by atoms with E-state index in [4.69, 9.17) is 5.11 Å². The topological polar surface area (TPSA) is 37.3 Å². The third-order valence-corrected chi connectivity index (χ3v) is 2.27. The number of Topliss-reactive ketones (excluding diaryl/α,β-unsaturated/α-hetero) is 1. The van der Waals surface area contributed by atoms with E-state index >= 15 is 0 Å². The van der Waals surface area contributed by atoms with Crippen molar-refractivity contribution in [3.8, 4) is 5.75 Å². The first-order valence-corrected chi connectivity index (χ1v) is 5.43. The number of hydrogen-bond donors (Lipinski definition) is 1. The van der Waals surface area contributed by atoms with Gasteiger partial charge in [-0.05, 0) is 43.2 Å². The van der Waals surface area contributed by atoms with Gasteiger partial charge in [0.1, 0.15) is 5.75 Å². The molecule has 0 spiro atoms. The van der Waals surface area contributed by atoms with E-state index in [1.165, 1.54) is 12.1 Å². The number of ketones is 1. The molecule has 0 unspecified atom stereocenters. The van der Waals surface area contributed by atoms with Crippen LogP contribution in [-0.2, 0) is 0 Å². The van der Waals surface area contributed by atoms with Crippen LogP contribution in [0.3, 0.4) is 0 Å². The van der Waals surface area contributed by atoms with E-state index in [1.54, 1.807) is 31.2 Å². The fourth-order valence-electron chi connectivity index (χ4n) is 1.30. The lowest BCUT2D eigenvalue weighted by Crippen LogP contribution is -1.99. The second kappa shape index (κ2) is 6.48. The highest BCUT2D eigenvalue weighted by Gasteiger charge is 2.06. The molecule has 1 aromatic rings. The molecule has 0 heterocycles. The lowest BCUT2D eigenvalue weighted by Gasteiger charge is -2.00. The number of phenols is 1. The zero-order valence-corrected chi connectivity index (χ0v) is 9.89. The summed E-state index contributed by atoms with van der Waals surface area (Å²) in [5.74, 6) is 0.127. The van der Waals surface area contributed by atoms with Gasteiger partial charge in [-0.2, -0.15) is 0 Å². The van der Waals surface area contributed by atoms with Gasteiger partial charge in [-0.1, -0.05) is 24.3 Å². The van der Waals surface area contributed by atoms with Crippen LogP contribution in [-0.4, -0.2) is 10.9 Å². The van der Waals surface area contributed by atoms with Crippen molar-refractivity contribution in [2.24, 2.45) is 0 Å². The number of carbonyl (C=O) groups excluding carboxylic acids is 1. The Morgan fingerprint density at radius 3 is 2.59 bits per heavy atom. The Balaban J connectivity index is 2.75. The number of hydrogen-bond acceptors (Lipinski definition) is 2. The van der Waals surface area contributed by atoms with Gasteiger partial charge in [0.15, 0.2) is 5.78 Å². The molecule has 88 valence electrons. The van der Waals surface area contributed by atoms with Crippen LogP contribution in [0.5, 0.6) is 5.75 Å². The summed E-state index contributed by atoms with van der Waals surface area (Å²) in [7, 11) is 0. The molecule has 0 aliphatic rings. The number of carbonyl (C=O) groups is 1. The van der Waals surface area contributed by atoms with Gasteiger partial charge in [-0.25, -0.2) is 0 Å². The fraction of sp³-hybridized carbons (Fsp3) is 0.133. The van der Waals surface area contributed by atoms with Gasteiger partial charge in [0.25, 0.3) is 0 Å². The number of aromatic hydroxyl groups is 1. The molecule has 0 aliphatic heterocycles. The molecule has 0 atom stereocenters. The maximum absolute atomic E-state index is 11.9. The van der Waals surface area contributed by atoms with Crippen molar-refractivity contribution in [1.82, 2.24) is 0 Å². The number of benzene rings is 1. The Morgan fingerprint density at radius 2 is 2.00 bits per heavy atom. The molecule has 2 nitrogen and oxygen atoms in total. The van der Waals surface area contributed by atoms with Gasteiger partial charge in [-0.3, -0.25) is 4.79 Å². The van der Waals surface area contributed by atoms with Crippen LogP contribution in [0.1, 0.15) is 23.7 Å². The molecule has 2 heteroatoms. The molecule has 0 aromatic heterocycles. The lowest BCUT2D eigenvalue weighted by molar-refractivity contribution is 0.103. The molecule has 0 radical (unpaired) electrons. The second-order valence-corrected chi connectivity index (χ2v) is 3.68. The summed E-state index contributed by atoms with van der Waals surface area (Å²) < 4.78 is 0. The van der Waals surface area contributed by atoms with Crippen molar-refractivity contribution in [2.45, 2.75) is 13.3 Å². The van der Waals surface area contributed by atoms with E-state index < -0.39 is 0 Å². The molecule has 1 rings (SSSR count). The molecular weight excluding hydrogens is 212 g/mol. The Morgan fingerprint density at radius 1 is 1.35 bits per heavy atom. The zero-order valence-electron chi connectivity index (χ0n) is 9.89. The summed E-state index contributed by atoms with van der Waals surface area (Å²) in [6.45, 7) is 5.38. The van der Waals surface area contributed by atoms with Crippen LogP contribution < -0.4 is 0 Å². The molecule has 0 bridgehead atoms. The molecule has 17 heavy (non-hydrogen) atoms. The third-order valence-electron chi connectivity index (χ3n) is 2.27. The number of phenolic OH excluding ortho intramolecular Hbond substituents is 1. The molecule has 0 saturated carbocycles. The van der Waals surface area contributed by atoms with Gasteiger partial charge >= 0.3 is 0 Å². The highest BCUT2D eigenvalue weighted by molar-refractivity contribution is 6.08. The largest absolute Gasteiger partial charge is 0.508 e. The maximum Gasteiger partial charge on any atom is 0.188 e. The van der Waals surface area contributed by atoms with Gasteiger partial charge in [0.2, 0.25) is 0 Å². The van der Waals surface area contributed by atoms with E-state index in [0.717, 1.165) is 6.42 Å². The fourth-order valence-corrected chi connectivity index (χ4v) is 1.30. The first-order valence-electron chi connectivity index (χ1n) is 5.43. The summed E-state index contributed by atoms with van der Waals surface area (Å²) in [6, 6.07) is 6.24. The summed E-state index contributed by atoms with van der Waals surface area (Å²) in [6.07, 6.45) is 8.13. The number of allylic oxidation sites excluding steroid dienone is 5. The van der Waals surface area contributed by atoms with Crippen LogP contribution in [0.15, 0.2) is 60.7 Å². The van der Waals surface area contributed by atoms with Gasteiger partial charge in [0, 0.05) is 5.56 Å². The highest BCUT2D eigenvalue weighted by Crippen LogP contribution is 2.13. The molecule has 0 amide bonds.